The molecule has 0 spiro atoms. The molecular weight excluding hydrogens is 252 g/mol. The van der Waals surface area contributed by atoms with Gasteiger partial charge >= 0.3 is 0 Å². The maximum absolute atomic E-state index is 12.2. The molecule has 1 aromatic rings. The molecule has 0 bridgehead atoms. The minimum atomic E-state index is -0.0811. The van der Waals surface area contributed by atoms with Crippen LogP contribution >= 0.6 is 0 Å². The van der Waals surface area contributed by atoms with Gasteiger partial charge in [-0.2, -0.15) is 0 Å². The predicted molar refractivity (Wildman–Crippen MR) is 81.5 cm³/mol. The lowest BCUT2D eigenvalue weighted by Crippen LogP contribution is -2.44. The fourth-order valence-electron chi connectivity index (χ4n) is 2.63. The van der Waals surface area contributed by atoms with Crippen molar-refractivity contribution in [2.75, 3.05) is 25.1 Å². The topological polar surface area (TPSA) is 70.4 Å². The fraction of sp³-hybridized carbons (Fsp3) is 0.533. The number of hydrogen-bond acceptors (Lipinski definition) is 4. The second-order valence-electron chi connectivity index (χ2n) is 5.35. The highest BCUT2D eigenvalue weighted by Crippen LogP contribution is 2.14. The Morgan fingerprint density at radius 3 is 2.70 bits per heavy atom. The number of likely N-dealkylation sites (tertiary alicyclic amines) is 1. The average Bonchev–Trinajstić information content (AvgIpc) is 2.53. The third kappa shape index (κ3) is 3.71. The van der Waals surface area contributed by atoms with E-state index in [1.165, 1.54) is 19.3 Å². The molecule has 1 saturated heterocycles. The molecule has 1 atom stereocenters. The second kappa shape index (κ2) is 7.26. The Kier molecular flexibility index (Phi) is 5.38. The Morgan fingerprint density at radius 1 is 1.30 bits per heavy atom. The summed E-state index contributed by atoms with van der Waals surface area (Å²) in [7, 11) is 0. The molecule has 5 nitrogen and oxygen atoms in total. The lowest BCUT2D eigenvalue weighted by Gasteiger charge is -2.32. The normalized spacial score (nSPS) is 17.5. The van der Waals surface area contributed by atoms with E-state index in [4.69, 9.17) is 5.84 Å². The van der Waals surface area contributed by atoms with E-state index in [9.17, 15) is 4.79 Å². The van der Waals surface area contributed by atoms with Crippen LogP contribution in [0.25, 0.3) is 0 Å². The maximum atomic E-state index is 12.2. The van der Waals surface area contributed by atoms with Gasteiger partial charge in [-0.15, -0.1) is 0 Å². The van der Waals surface area contributed by atoms with Crippen molar-refractivity contribution in [1.29, 1.82) is 0 Å². The Hall–Kier alpha value is -1.59. The number of nitrogens with one attached hydrogen (secondary N) is 2. The van der Waals surface area contributed by atoms with Crippen molar-refractivity contribution in [3.05, 3.63) is 29.8 Å². The fourth-order valence-corrected chi connectivity index (χ4v) is 2.63. The Bertz CT molecular complexity index is 443. The third-order valence-electron chi connectivity index (χ3n) is 3.90. The smallest absolute Gasteiger partial charge is 0.253 e. The molecule has 0 aromatic heterocycles. The molecule has 0 aliphatic carbocycles. The van der Waals surface area contributed by atoms with Crippen molar-refractivity contribution in [3.63, 3.8) is 0 Å². The van der Waals surface area contributed by atoms with Crippen LogP contribution in [0.4, 0.5) is 5.69 Å². The van der Waals surface area contributed by atoms with Gasteiger partial charge in [0, 0.05) is 12.6 Å². The molecule has 4 N–H and O–H groups in total. The molecule has 20 heavy (non-hydrogen) atoms. The minimum Gasteiger partial charge on any atom is -0.350 e. The number of hydrazine groups is 1. The lowest BCUT2D eigenvalue weighted by atomic mass is 10.1. The van der Waals surface area contributed by atoms with Crippen LogP contribution in [0.1, 0.15) is 36.5 Å². The summed E-state index contributed by atoms with van der Waals surface area (Å²) in [5.74, 6) is 5.34. The number of amides is 1. The predicted octanol–water partition coefficient (Wildman–Crippen LogP) is 1.58. The van der Waals surface area contributed by atoms with Gasteiger partial charge < -0.3 is 10.7 Å². The summed E-state index contributed by atoms with van der Waals surface area (Å²) in [5.41, 5.74) is 3.79. The number of carbonyl (C=O) groups excluding carboxylic acids is 1. The highest BCUT2D eigenvalue weighted by Gasteiger charge is 2.18. The van der Waals surface area contributed by atoms with Gasteiger partial charge in [0.05, 0.1) is 11.3 Å². The van der Waals surface area contributed by atoms with Gasteiger partial charge in [0.1, 0.15) is 0 Å². The van der Waals surface area contributed by atoms with Crippen LogP contribution in [0, 0.1) is 0 Å². The zero-order valence-corrected chi connectivity index (χ0v) is 12.1. The van der Waals surface area contributed by atoms with E-state index in [1.54, 1.807) is 12.1 Å². The van der Waals surface area contributed by atoms with Gasteiger partial charge in [0.25, 0.3) is 5.91 Å². The average molecular weight is 276 g/mol. The first-order chi connectivity index (χ1) is 9.72. The minimum absolute atomic E-state index is 0.0811. The first-order valence-corrected chi connectivity index (χ1v) is 7.30. The number of rotatable bonds is 5. The van der Waals surface area contributed by atoms with Gasteiger partial charge in [-0.25, -0.2) is 0 Å². The molecule has 1 aliphatic rings. The van der Waals surface area contributed by atoms with Crippen LogP contribution in [0.3, 0.4) is 0 Å². The van der Waals surface area contributed by atoms with Crippen LogP contribution in [-0.4, -0.2) is 36.5 Å². The van der Waals surface area contributed by atoms with E-state index in [0.717, 1.165) is 13.1 Å². The van der Waals surface area contributed by atoms with Crippen LogP contribution in [0.15, 0.2) is 24.3 Å². The molecule has 1 aromatic carbocycles. The van der Waals surface area contributed by atoms with Gasteiger partial charge in [0.2, 0.25) is 0 Å². The van der Waals surface area contributed by atoms with E-state index in [0.29, 0.717) is 23.8 Å². The van der Waals surface area contributed by atoms with E-state index in [2.05, 4.69) is 22.6 Å². The number of hydrogen-bond donors (Lipinski definition) is 3. The van der Waals surface area contributed by atoms with Crippen molar-refractivity contribution in [2.45, 2.75) is 32.2 Å². The van der Waals surface area contributed by atoms with E-state index in [-0.39, 0.29) is 5.91 Å². The molecule has 1 fully saturated rings. The molecule has 1 aliphatic heterocycles. The summed E-state index contributed by atoms with van der Waals surface area (Å²) in [6.45, 7) is 5.10. The number of nitrogens with zero attached hydrogens (tertiary/aromatic N) is 1. The van der Waals surface area contributed by atoms with Gasteiger partial charge in [0.15, 0.2) is 0 Å². The van der Waals surface area contributed by atoms with E-state index in [1.807, 2.05) is 12.1 Å². The molecular formula is C15H24N4O. The molecule has 1 unspecified atom stereocenters. The van der Waals surface area contributed by atoms with Gasteiger partial charge in [-0.05, 0) is 45.0 Å². The summed E-state index contributed by atoms with van der Waals surface area (Å²) in [5, 5.41) is 2.99. The van der Waals surface area contributed by atoms with Crippen molar-refractivity contribution in [3.8, 4) is 0 Å². The van der Waals surface area contributed by atoms with Crippen LogP contribution in [0.5, 0.6) is 0 Å². The molecule has 110 valence electrons. The SMILES string of the molecule is CC(CNC(=O)c1ccccc1NN)N1CCCCC1. The van der Waals surface area contributed by atoms with Crippen LogP contribution in [-0.2, 0) is 0 Å². The van der Waals surface area contributed by atoms with E-state index < -0.39 is 0 Å². The summed E-state index contributed by atoms with van der Waals surface area (Å²) < 4.78 is 0. The number of piperidine rings is 1. The molecule has 5 heteroatoms. The quantitative estimate of drug-likeness (QED) is 0.564. The van der Waals surface area contributed by atoms with Crippen molar-refractivity contribution < 1.29 is 4.79 Å². The summed E-state index contributed by atoms with van der Waals surface area (Å²) in [6, 6.07) is 7.63. The van der Waals surface area contributed by atoms with Crippen molar-refractivity contribution in [1.82, 2.24) is 10.2 Å². The maximum Gasteiger partial charge on any atom is 0.253 e. The summed E-state index contributed by atoms with van der Waals surface area (Å²) in [6.07, 6.45) is 3.85. The van der Waals surface area contributed by atoms with Crippen molar-refractivity contribution >= 4 is 11.6 Å². The number of anilines is 1. The largest absolute Gasteiger partial charge is 0.350 e. The number of nitrogen functional groups attached to an aromatic ring is 1. The highest BCUT2D eigenvalue weighted by molar-refractivity contribution is 5.99. The Balaban J connectivity index is 1.88. The Morgan fingerprint density at radius 2 is 2.00 bits per heavy atom. The number of carbonyl (C=O) groups is 1. The molecule has 0 radical (unpaired) electrons. The van der Waals surface area contributed by atoms with Gasteiger partial charge in [-0.1, -0.05) is 18.6 Å². The molecule has 1 amide bonds. The van der Waals surface area contributed by atoms with Crippen LogP contribution < -0.4 is 16.6 Å². The molecule has 0 saturated carbocycles. The van der Waals surface area contributed by atoms with Crippen molar-refractivity contribution in [2.24, 2.45) is 5.84 Å². The summed E-state index contributed by atoms with van der Waals surface area (Å²) in [4.78, 5) is 14.6. The highest BCUT2D eigenvalue weighted by atomic mass is 16.1. The second-order valence-corrected chi connectivity index (χ2v) is 5.35. The number of nitrogens with two attached hydrogens (primary N) is 1. The van der Waals surface area contributed by atoms with Crippen LogP contribution in [0.2, 0.25) is 0 Å². The zero-order valence-electron chi connectivity index (χ0n) is 12.1. The van der Waals surface area contributed by atoms with E-state index >= 15 is 0 Å². The standard InChI is InChI=1S/C15H24N4O/c1-12(19-9-5-2-6-10-19)11-17-15(20)13-7-3-4-8-14(13)18-16/h3-4,7-8,12,18H,2,5-6,9-11,16H2,1H3,(H,17,20). The monoisotopic (exact) mass is 276 g/mol. The molecule has 2 rings (SSSR count). The third-order valence-corrected chi connectivity index (χ3v) is 3.90. The lowest BCUT2D eigenvalue weighted by molar-refractivity contribution is 0.0931. The van der Waals surface area contributed by atoms with Gasteiger partial charge in [-0.3, -0.25) is 15.5 Å². The number of benzene rings is 1. The first-order valence-electron chi connectivity index (χ1n) is 7.30. The number of para-hydroxylation sites is 1. The molecule has 1 heterocycles. The first kappa shape index (κ1) is 14.8. The summed E-state index contributed by atoms with van der Waals surface area (Å²) >= 11 is 0. The Labute approximate surface area is 120 Å². The zero-order chi connectivity index (χ0) is 14.4.